The highest BCUT2D eigenvalue weighted by molar-refractivity contribution is 7.14. The van der Waals surface area contributed by atoms with Gasteiger partial charge in [0, 0.05) is 24.1 Å². The van der Waals surface area contributed by atoms with E-state index < -0.39 is 0 Å². The predicted octanol–water partition coefficient (Wildman–Crippen LogP) is 3.60. The van der Waals surface area contributed by atoms with E-state index in [0.29, 0.717) is 23.6 Å². The van der Waals surface area contributed by atoms with Crippen LogP contribution in [0.5, 0.6) is 0 Å². The molecule has 3 rings (SSSR count). The lowest BCUT2D eigenvalue weighted by molar-refractivity contribution is 0.0941. The molecule has 25 heavy (non-hydrogen) atoms. The average Bonchev–Trinajstić information content (AvgIpc) is 3.29. The largest absolute Gasteiger partial charge is 0.379 e. The van der Waals surface area contributed by atoms with E-state index in [-0.39, 0.29) is 17.8 Å². The van der Waals surface area contributed by atoms with Gasteiger partial charge in [-0.25, -0.2) is 4.39 Å². The molecule has 2 heterocycles. The highest BCUT2D eigenvalue weighted by Crippen LogP contribution is 2.27. The zero-order valence-electron chi connectivity index (χ0n) is 14.3. The monoisotopic (exact) mass is 362 g/mol. The Balaban J connectivity index is 1.69. The molecule has 2 aromatic rings. The summed E-state index contributed by atoms with van der Waals surface area (Å²) in [5.74, 6) is -0.333. The maximum absolute atomic E-state index is 14.3. The number of thiophene rings is 1. The van der Waals surface area contributed by atoms with Crippen LogP contribution in [0.1, 0.15) is 39.0 Å². The highest BCUT2D eigenvalue weighted by Gasteiger charge is 2.26. The maximum Gasteiger partial charge on any atom is 0.261 e. The number of likely N-dealkylation sites (tertiary alicyclic amines) is 1. The van der Waals surface area contributed by atoms with Gasteiger partial charge in [0.1, 0.15) is 5.82 Å². The average molecular weight is 362 g/mol. The molecular weight excluding hydrogens is 339 g/mol. The highest BCUT2D eigenvalue weighted by atomic mass is 32.1. The fraction of sp³-hybridized carbons (Fsp3) is 0.421. The van der Waals surface area contributed by atoms with Crippen LogP contribution in [0.4, 0.5) is 4.39 Å². The lowest BCUT2D eigenvalue weighted by atomic mass is 10.0. The summed E-state index contributed by atoms with van der Waals surface area (Å²) in [6, 6.07) is 10.4. The number of rotatable bonds is 7. The van der Waals surface area contributed by atoms with Gasteiger partial charge in [-0.3, -0.25) is 9.69 Å². The first-order valence-electron chi connectivity index (χ1n) is 8.53. The van der Waals surface area contributed by atoms with Gasteiger partial charge in [-0.2, -0.15) is 0 Å². The molecule has 1 N–H and O–H groups in total. The van der Waals surface area contributed by atoms with Gasteiger partial charge in [-0.05, 0) is 44.1 Å². The van der Waals surface area contributed by atoms with Crippen LogP contribution in [-0.2, 0) is 11.3 Å². The number of hydrogen-bond donors (Lipinski definition) is 1. The lowest BCUT2D eigenvalue weighted by Crippen LogP contribution is -2.37. The number of nitrogens with one attached hydrogen (secondary N) is 1. The number of halogens is 1. The first-order valence-corrected chi connectivity index (χ1v) is 9.35. The Bertz CT molecular complexity index is 713. The summed E-state index contributed by atoms with van der Waals surface area (Å²) in [7, 11) is 1.63. The molecule has 1 aromatic heterocycles. The van der Waals surface area contributed by atoms with Crippen LogP contribution < -0.4 is 5.32 Å². The van der Waals surface area contributed by atoms with E-state index in [9.17, 15) is 9.18 Å². The number of methoxy groups -OCH3 is 1. The summed E-state index contributed by atoms with van der Waals surface area (Å²) in [5, 5.41) is 2.98. The van der Waals surface area contributed by atoms with Crippen molar-refractivity contribution in [1.29, 1.82) is 0 Å². The molecular formula is C19H23FN2O2S. The van der Waals surface area contributed by atoms with E-state index in [1.807, 2.05) is 24.3 Å². The molecule has 1 atom stereocenters. The Kier molecular flexibility index (Phi) is 6.18. The predicted molar refractivity (Wildman–Crippen MR) is 97.3 cm³/mol. The third-order valence-electron chi connectivity index (χ3n) is 4.47. The molecule has 0 spiro atoms. The molecule has 1 aromatic carbocycles. The topological polar surface area (TPSA) is 41.6 Å². The van der Waals surface area contributed by atoms with Crippen LogP contribution in [-0.4, -0.2) is 37.6 Å². The molecule has 1 aliphatic rings. The Labute approximate surface area is 151 Å². The van der Waals surface area contributed by atoms with Crippen LogP contribution in [0.25, 0.3) is 0 Å². The third-order valence-corrected chi connectivity index (χ3v) is 5.53. The van der Waals surface area contributed by atoms with E-state index in [4.69, 9.17) is 4.74 Å². The minimum absolute atomic E-state index is 0.118. The van der Waals surface area contributed by atoms with Crippen molar-refractivity contribution >= 4 is 17.2 Å². The zero-order valence-corrected chi connectivity index (χ0v) is 15.2. The van der Waals surface area contributed by atoms with Crippen molar-refractivity contribution in [2.24, 2.45) is 0 Å². The van der Waals surface area contributed by atoms with Gasteiger partial charge < -0.3 is 10.1 Å². The van der Waals surface area contributed by atoms with Gasteiger partial charge in [0.05, 0.1) is 17.5 Å². The summed E-state index contributed by atoms with van der Waals surface area (Å²) in [6.07, 6.45) is 2.23. The van der Waals surface area contributed by atoms with E-state index in [2.05, 4.69) is 10.2 Å². The Morgan fingerprint density at radius 1 is 1.28 bits per heavy atom. The quantitative estimate of drug-likeness (QED) is 0.818. The van der Waals surface area contributed by atoms with E-state index in [1.54, 1.807) is 13.2 Å². The van der Waals surface area contributed by atoms with Crippen LogP contribution in [0.2, 0.25) is 0 Å². The Morgan fingerprint density at radius 2 is 2.04 bits per heavy atom. The normalized spacial score (nSPS) is 16.1. The SMILES string of the molecule is COCc1ccc(C(=O)NC[C@@H](c2ccccc2F)N2CCCC2)s1. The molecule has 1 aliphatic heterocycles. The summed E-state index contributed by atoms with van der Waals surface area (Å²) in [5.41, 5.74) is 0.649. The molecule has 0 radical (unpaired) electrons. The van der Waals surface area contributed by atoms with Crippen molar-refractivity contribution in [2.45, 2.75) is 25.5 Å². The molecule has 134 valence electrons. The van der Waals surface area contributed by atoms with Crippen molar-refractivity contribution in [2.75, 3.05) is 26.7 Å². The number of carbonyl (C=O) groups excluding carboxylic acids is 1. The van der Waals surface area contributed by atoms with Gasteiger partial charge in [-0.1, -0.05) is 18.2 Å². The summed E-state index contributed by atoms with van der Waals surface area (Å²) in [6.45, 7) is 2.78. The van der Waals surface area contributed by atoms with E-state index in [0.717, 1.165) is 30.8 Å². The number of hydrogen-bond acceptors (Lipinski definition) is 4. The van der Waals surface area contributed by atoms with Crippen LogP contribution in [0.3, 0.4) is 0 Å². The van der Waals surface area contributed by atoms with Gasteiger partial charge in [0.15, 0.2) is 0 Å². The minimum atomic E-state index is -0.216. The van der Waals surface area contributed by atoms with Gasteiger partial charge in [0.2, 0.25) is 0 Å². The van der Waals surface area contributed by atoms with Crippen molar-refractivity contribution in [3.05, 3.63) is 57.5 Å². The molecule has 0 unspecified atom stereocenters. The number of amides is 1. The number of ether oxygens (including phenoxy) is 1. The molecule has 0 saturated carbocycles. The molecule has 0 bridgehead atoms. The second kappa shape index (κ2) is 8.56. The zero-order chi connectivity index (χ0) is 17.6. The summed E-state index contributed by atoms with van der Waals surface area (Å²) >= 11 is 1.42. The molecule has 1 saturated heterocycles. The summed E-state index contributed by atoms with van der Waals surface area (Å²) < 4.78 is 19.4. The van der Waals surface area contributed by atoms with Crippen LogP contribution >= 0.6 is 11.3 Å². The molecule has 4 nitrogen and oxygen atoms in total. The van der Waals surface area contributed by atoms with Crippen molar-refractivity contribution in [3.63, 3.8) is 0 Å². The number of nitrogens with zero attached hydrogens (tertiary/aromatic N) is 1. The Morgan fingerprint density at radius 3 is 2.76 bits per heavy atom. The number of carbonyl (C=O) groups is 1. The van der Waals surface area contributed by atoms with E-state index >= 15 is 0 Å². The van der Waals surface area contributed by atoms with Crippen LogP contribution in [0.15, 0.2) is 36.4 Å². The second-order valence-electron chi connectivity index (χ2n) is 6.19. The molecule has 6 heteroatoms. The van der Waals surface area contributed by atoms with Crippen molar-refractivity contribution in [3.8, 4) is 0 Å². The van der Waals surface area contributed by atoms with Crippen LogP contribution in [0, 0.1) is 5.82 Å². The second-order valence-corrected chi connectivity index (χ2v) is 7.36. The third kappa shape index (κ3) is 4.45. The first kappa shape index (κ1) is 18.0. The van der Waals surface area contributed by atoms with Gasteiger partial charge in [0.25, 0.3) is 5.91 Å². The van der Waals surface area contributed by atoms with Crippen molar-refractivity contribution < 1.29 is 13.9 Å². The fourth-order valence-corrected chi connectivity index (χ4v) is 4.13. The molecule has 0 aliphatic carbocycles. The van der Waals surface area contributed by atoms with Gasteiger partial charge in [-0.15, -0.1) is 11.3 Å². The fourth-order valence-electron chi connectivity index (χ4n) is 3.23. The summed E-state index contributed by atoms with van der Waals surface area (Å²) in [4.78, 5) is 16.4. The smallest absolute Gasteiger partial charge is 0.261 e. The maximum atomic E-state index is 14.3. The molecule has 1 amide bonds. The van der Waals surface area contributed by atoms with Gasteiger partial charge >= 0.3 is 0 Å². The molecule has 1 fully saturated rings. The lowest BCUT2D eigenvalue weighted by Gasteiger charge is -2.28. The first-order chi connectivity index (χ1) is 12.2. The number of benzene rings is 1. The standard InChI is InChI=1S/C19H23FN2O2S/c1-24-13-14-8-9-18(25-14)19(23)21-12-17(22-10-4-5-11-22)15-6-2-3-7-16(15)20/h2-3,6-9,17H,4-5,10-13H2,1H3,(H,21,23)/t17-/m0/s1. The van der Waals surface area contributed by atoms with Crippen molar-refractivity contribution in [1.82, 2.24) is 10.2 Å². The minimum Gasteiger partial charge on any atom is -0.379 e. The van der Waals surface area contributed by atoms with E-state index in [1.165, 1.54) is 17.4 Å². The Hall–Kier alpha value is -1.76.